The second kappa shape index (κ2) is 61.9. The number of aromatic nitrogens is 9. The predicted molar refractivity (Wildman–Crippen MR) is 475 cm³/mol. The summed E-state index contributed by atoms with van der Waals surface area (Å²) in [5.74, 6) is -5.38. The molecule has 0 aromatic carbocycles. The molecule has 6 saturated heterocycles. The highest BCUT2D eigenvalue weighted by Crippen LogP contribution is 2.44. The van der Waals surface area contributed by atoms with Gasteiger partial charge in [-0.1, -0.05) is 34.9 Å². The first kappa shape index (κ1) is 115. The van der Waals surface area contributed by atoms with Gasteiger partial charge in [0.2, 0.25) is 23.6 Å². The van der Waals surface area contributed by atoms with E-state index in [0.717, 1.165) is 19.3 Å². The monoisotopic (exact) mass is 2020 g/mol. The van der Waals surface area contributed by atoms with Gasteiger partial charge in [-0.3, -0.25) is 52.7 Å². The van der Waals surface area contributed by atoms with Gasteiger partial charge in [0, 0.05) is 88.2 Å². The lowest BCUT2D eigenvalue weighted by molar-refractivity contribution is -0.251. The number of aliphatic hydroxyl groups excluding tert-OH is 1. The van der Waals surface area contributed by atoms with Crippen molar-refractivity contribution in [1.29, 1.82) is 0 Å². The molecule has 0 aliphatic carbocycles. The van der Waals surface area contributed by atoms with Crippen LogP contribution in [0.4, 0.5) is 0 Å². The third-order valence-corrected chi connectivity index (χ3v) is 22.4. The average Bonchev–Trinajstić information content (AvgIpc) is 1.61. The van der Waals surface area contributed by atoms with Crippen molar-refractivity contribution >= 4 is 65.2 Å². The lowest BCUT2D eigenvalue weighted by Crippen LogP contribution is -2.68. The van der Waals surface area contributed by atoms with Gasteiger partial charge < -0.3 is 154 Å². The van der Waals surface area contributed by atoms with Crippen LogP contribution in [-0.2, 0) is 220 Å². The molecule has 52 nitrogen and oxygen atoms in total. The lowest BCUT2D eigenvalue weighted by atomic mass is 9.87. The molecule has 5 N–H and O–H groups in total. The number of ketones is 1. The fraction of sp³-hybridized carbons (Fsp3) is 0.809. The average molecular weight is 2020 g/mol. The van der Waals surface area contributed by atoms with Gasteiger partial charge in [0.05, 0.1) is 256 Å². The van der Waals surface area contributed by atoms with Crippen molar-refractivity contribution in [1.82, 2.24) is 66.2 Å². The van der Waals surface area contributed by atoms with Crippen LogP contribution in [0.5, 0.6) is 0 Å². The fourth-order valence-corrected chi connectivity index (χ4v) is 16.2. The summed E-state index contributed by atoms with van der Waals surface area (Å²) in [5.41, 5.74) is -3.91. The predicted octanol–water partition coefficient (Wildman–Crippen LogP) is -1.59. The van der Waals surface area contributed by atoms with Crippen molar-refractivity contribution in [3.05, 3.63) is 35.7 Å². The van der Waals surface area contributed by atoms with E-state index in [4.69, 9.17) is 133 Å². The van der Waals surface area contributed by atoms with Gasteiger partial charge in [-0.25, -0.2) is 14.0 Å². The minimum atomic E-state index is -1.34. The Bertz CT molecular complexity index is 3910. The topological polar surface area (TPSA) is 597 Å². The molecule has 796 valence electrons. The number of carbonyl (C=O) groups is 11. The van der Waals surface area contributed by atoms with Gasteiger partial charge in [-0.2, -0.15) is 0 Å². The van der Waals surface area contributed by atoms with E-state index in [1.165, 1.54) is 62.3 Å². The molecular weight excluding hydrogens is 1880 g/mol. The number of unbranched alkanes of at least 4 members (excludes halogenated alkanes) is 5. The van der Waals surface area contributed by atoms with Crippen molar-refractivity contribution in [2.75, 3.05) is 205 Å². The van der Waals surface area contributed by atoms with E-state index in [1.54, 1.807) is 32.6 Å². The highest BCUT2D eigenvalue weighted by molar-refractivity contribution is 5.79. The molecule has 3 aromatic heterocycles. The SMILES string of the molecule is CC(=O)N[C@H]1[C@H]2OC[C@](COCCOCCOCCOCCn3cc(COCC(COCc4cn(CCOCCOCCOCCOC[C@@]56CO[C@@H](O5)[C@H](NC(C)=O)[C@@H](OC(C)=O)[C@H]6OC(C)=O)nn4)(COCc4cn(CCOCCOCCOCCOC[C@@]56CO[C@@H](O5)[C@H](NC(C)=O)[C@@H](OC(C)=O)[C@H]6OC(C)=O)nn4)NC(=O)CCCCCCC(=O)CCCCCO)nn3)(O2)[C@H](OC(C)=O)[C@@H]1OC(C)=O. The van der Waals surface area contributed by atoms with Crippen LogP contribution in [0.2, 0.25) is 0 Å². The molecule has 0 spiro atoms. The zero-order valence-electron chi connectivity index (χ0n) is 81.9. The first-order chi connectivity index (χ1) is 68.0. The molecule has 3 aromatic rings. The van der Waals surface area contributed by atoms with E-state index in [1.807, 2.05) is 0 Å². The number of rotatable bonds is 76. The molecule has 6 bridgehead atoms. The normalized spacial score (nSPS) is 23.8. The number of hydrogen-bond donors (Lipinski definition) is 5. The van der Waals surface area contributed by atoms with Crippen molar-refractivity contribution in [3.8, 4) is 0 Å². The molecule has 52 heteroatoms. The lowest BCUT2D eigenvalue weighted by Gasteiger charge is -2.45. The van der Waals surface area contributed by atoms with Crippen LogP contribution < -0.4 is 21.3 Å². The number of esters is 6. The summed E-state index contributed by atoms with van der Waals surface area (Å²) < 4.78 is 163. The minimum Gasteiger partial charge on any atom is -0.456 e. The smallest absolute Gasteiger partial charge is 0.303 e. The first-order valence-electron chi connectivity index (χ1n) is 47.5. The fourth-order valence-electron chi connectivity index (χ4n) is 16.2. The van der Waals surface area contributed by atoms with Gasteiger partial charge in [0.25, 0.3) is 0 Å². The van der Waals surface area contributed by atoms with Gasteiger partial charge in [-0.05, 0) is 25.7 Å². The van der Waals surface area contributed by atoms with E-state index in [9.17, 15) is 52.7 Å². The van der Waals surface area contributed by atoms with Crippen LogP contribution >= 0.6 is 0 Å². The number of ether oxygens (including phenoxy) is 27. The minimum absolute atomic E-state index is 0.0390. The summed E-state index contributed by atoms with van der Waals surface area (Å²) in [5, 5.41) is 46.2. The summed E-state index contributed by atoms with van der Waals surface area (Å²) in [6, 6.07) is -2.84. The molecule has 0 radical (unpaired) electrons. The van der Waals surface area contributed by atoms with Crippen molar-refractivity contribution < 1.29 is 186 Å². The van der Waals surface area contributed by atoms with Gasteiger partial charge in [0.1, 0.15) is 46.5 Å². The molecule has 15 atom stereocenters. The number of Topliss-reactive ketones (excluding diaryl/α,β-unsaturated/α-hetero) is 1. The van der Waals surface area contributed by atoms with Crippen LogP contribution in [0.25, 0.3) is 0 Å². The highest BCUT2D eigenvalue weighted by atomic mass is 16.8. The van der Waals surface area contributed by atoms with Crippen molar-refractivity contribution in [3.63, 3.8) is 0 Å². The molecule has 0 saturated carbocycles. The molecule has 0 unspecified atom stereocenters. The number of nitrogens with one attached hydrogen (secondary N) is 4. The molecule has 4 amide bonds. The maximum absolute atomic E-state index is 14.3. The van der Waals surface area contributed by atoms with Crippen molar-refractivity contribution in [2.24, 2.45) is 0 Å². The Morgan fingerprint density at radius 1 is 0.348 bits per heavy atom. The summed E-state index contributed by atoms with van der Waals surface area (Å²) >= 11 is 0. The molecule has 6 aliphatic heterocycles. The molecular formula is C89H141N13O39. The molecule has 141 heavy (non-hydrogen) atoms. The van der Waals surface area contributed by atoms with Crippen LogP contribution in [-0.4, -0.2) is 416 Å². The number of aliphatic hydroxyl groups is 1. The van der Waals surface area contributed by atoms with Gasteiger partial charge >= 0.3 is 35.8 Å². The quantitative estimate of drug-likeness (QED) is 0.0242. The maximum Gasteiger partial charge on any atom is 0.303 e. The van der Waals surface area contributed by atoms with E-state index in [-0.39, 0.29) is 243 Å². The first-order valence-corrected chi connectivity index (χ1v) is 47.5. The van der Waals surface area contributed by atoms with E-state index >= 15 is 0 Å². The van der Waals surface area contributed by atoms with Crippen molar-refractivity contribution in [2.45, 2.75) is 262 Å². The molecule has 9 heterocycles. The Balaban J connectivity index is 0.719. The van der Waals surface area contributed by atoms with Gasteiger partial charge in [0.15, 0.2) is 72.3 Å². The van der Waals surface area contributed by atoms with E-state index < -0.39 is 149 Å². The zero-order valence-corrected chi connectivity index (χ0v) is 81.9. The van der Waals surface area contributed by atoms with Crippen LogP contribution in [0.1, 0.15) is 144 Å². The number of amides is 4. The van der Waals surface area contributed by atoms with Crippen LogP contribution in [0, 0.1) is 0 Å². The molecule has 6 fully saturated rings. The largest absolute Gasteiger partial charge is 0.456 e. The second-order valence-corrected chi connectivity index (χ2v) is 34.5. The summed E-state index contributed by atoms with van der Waals surface area (Å²) in [4.78, 5) is 136. The zero-order chi connectivity index (χ0) is 101. The third kappa shape index (κ3) is 40.1. The summed E-state index contributed by atoms with van der Waals surface area (Å²) in [7, 11) is 0. The van der Waals surface area contributed by atoms with Crippen LogP contribution in [0.3, 0.4) is 0 Å². The van der Waals surface area contributed by atoms with E-state index in [2.05, 4.69) is 52.2 Å². The Morgan fingerprint density at radius 2 is 0.610 bits per heavy atom. The second-order valence-electron chi connectivity index (χ2n) is 34.5. The number of carbonyl (C=O) groups excluding carboxylic acids is 11. The molecule has 6 aliphatic rings. The molecule has 9 rings (SSSR count). The number of hydrogen-bond acceptors (Lipinski definition) is 45. The Kier molecular flexibility index (Phi) is 50.7. The van der Waals surface area contributed by atoms with E-state index in [0.29, 0.717) is 75.2 Å². The highest BCUT2D eigenvalue weighted by Gasteiger charge is 2.66. The summed E-state index contributed by atoms with van der Waals surface area (Å²) in [6.07, 6.45) is 1.21. The Hall–Kier alpha value is -9.09. The van der Waals surface area contributed by atoms with Gasteiger partial charge in [-0.15, -0.1) is 15.3 Å². The van der Waals surface area contributed by atoms with Crippen LogP contribution in [0.15, 0.2) is 18.6 Å². The Labute approximate surface area is 816 Å². The number of nitrogens with zero attached hydrogens (tertiary/aromatic N) is 9. The third-order valence-electron chi connectivity index (χ3n) is 22.4. The number of fused-ring (bicyclic) bond motifs is 6. The maximum atomic E-state index is 14.3. The standard InChI is InChI=1S/C89H141N13O39/c1-60(104)90-74-77(133-63(4)107)80(136-66(7)110)87(57-130-83(74)139-87)54-124-42-39-121-36-33-118-30-27-115-24-20-100-45-69(94-97-100)48-127-51-86(93-73(114)19-15-11-10-13-17-72(113)18-14-12-16-23-103,52-128-49-70-46-101(98-95-70)21-25-116-28-31-119-34-37-122-40-43-125-55-88-58-131-84(140-88)75(91-61(2)105)78(134-64(5)108)81(88)137-67(8)111)53-129-50-71-47-102(99-96-71)22-26-117-29-32-120-35-38-123-41-44-126-56-89-59-132-85(141-89)76(92-62(3)106)79(135-65(6)109)82(89)138-68(9)112/h45-47,74-85,103H,10-44,48-59H2,1-9H3,(H,90,104)(H,91,105)(H,92,106)(H,93,114)/t74-,75-,76-,77-,78-,79-,80-,81-,82-,83+,84+,85+,87+,88+,89+/m1/s1. The Morgan fingerprint density at radius 3 is 0.879 bits per heavy atom. The summed E-state index contributed by atoms with van der Waals surface area (Å²) in [6.45, 7) is 15.9.